The summed E-state index contributed by atoms with van der Waals surface area (Å²) in [6.07, 6.45) is 11.6. The number of rotatable bonds is 5. The molecule has 5 rings (SSSR count). The molecule has 0 aromatic carbocycles. The average molecular weight is 406 g/mol. The molecule has 1 unspecified atom stereocenters. The summed E-state index contributed by atoms with van der Waals surface area (Å²) >= 11 is 0. The van der Waals surface area contributed by atoms with E-state index >= 15 is 0 Å². The van der Waals surface area contributed by atoms with Gasteiger partial charge in [0.15, 0.2) is 5.65 Å². The maximum Gasteiger partial charge on any atom is 0.410 e. The van der Waals surface area contributed by atoms with E-state index in [0.29, 0.717) is 6.54 Å². The van der Waals surface area contributed by atoms with Crippen molar-refractivity contribution in [3.63, 3.8) is 0 Å². The number of nitrogens with one attached hydrogen (secondary N) is 1. The number of carbonyl (C=O) groups is 1. The first-order valence-electron chi connectivity index (χ1n) is 10.7. The third-order valence-corrected chi connectivity index (χ3v) is 6.04. The fraction of sp³-hybridized carbons (Fsp3) is 0.455. The summed E-state index contributed by atoms with van der Waals surface area (Å²) in [6, 6.07) is 7.88. The van der Waals surface area contributed by atoms with Crippen molar-refractivity contribution < 1.29 is 9.53 Å². The minimum Gasteiger partial charge on any atom is -0.446 e. The topological polar surface area (TPSA) is 84.6 Å². The molecule has 3 aromatic heterocycles. The van der Waals surface area contributed by atoms with Gasteiger partial charge in [0.25, 0.3) is 0 Å². The number of anilines is 1. The van der Waals surface area contributed by atoms with E-state index in [0.717, 1.165) is 67.8 Å². The first-order chi connectivity index (χ1) is 14.8. The van der Waals surface area contributed by atoms with Crippen molar-refractivity contribution in [3.05, 3.63) is 42.9 Å². The zero-order valence-corrected chi connectivity index (χ0v) is 16.9. The molecule has 1 aliphatic carbocycles. The maximum absolute atomic E-state index is 12.6. The van der Waals surface area contributed by atoms with Crippen molar-refractivity contribution in [3.8, 4) is 11.3 Å². The van der Waals surface area contributed by atoms with E-state index in [9.17, 15) is 4.79 Å². The number of ether oxygens (including phenoxy) is 1. The van der Waals surface area contributed by atoms with Crippen LogP contribution in [0.3, 0.4) is 0 Å². The monoisotopic (exact) mass is 406 g/mol. The third kappa shape index (κ3) is 3.81. The number of amides is 1. The van der Waals surface area contributed by atoms with E-state index in [4.69, 9.17) is 9.84 Å². The summed E-state index contributed by atoms with van der Waals surface area (Å²) in [5.74, 6) is 0.756. The molecule has 156 valence electrons. The Balaban J connectivity index is 1.27. The van der Waals surface area contributed by atoms with Gasteiger partial charge in [-0.2, -0.15) is 0 Å². The number of aromatic nitrogens is 4. The number of pyridine rings is 1. The van der Waals surface area contributed by atoms with Gasteiger partial charge in [-0.3, -0.25) is 4.98 Å². The lowest BCUT2D eigenvalue weighted by molar-refractivity contribution is 0.0633. The molecule has 8 heteroatoms. The quantitative estimate of drug-likeness (QED) is 0.695. The highest BCUT2D eigenvalue weighted by Crippen LogP contribution is 2.25. The lowest BCUT2D eigenvalue weighted by Crippen LogP contribution is -2.41. The molecule has 1 amide bonds. The number of nitrogens with zero attached hydrogens (tertiary/aromatic N) is 5. The largest absolute Gasteiger partial charge is 0.446 e. The first kappa shape index (κ1) is 18.8. The molecule has 0 radical (unpaired) electrons. The van der Waals surface area contributed by atoms with Gasteiger partial charge in [-0.15, -0.1) is 5.10 Å². The van der Waals surface area contributed by atoms with E-state index < -0.39 is 0 Å². The number of carbonyl (C=O) groups excluding carboxylic acids is 1. The summed E-state index contributed by atoms with van der Waals surface area (Å²) in [4.78, 5) is 23.0. The number of hydrogen-bond donors (Lipinski definition) is 1. The molecule has 4 heterocycles. The van der Waals surface area contributed by atoms with Gasteiger partial charge in [-0.1, -0.05) is 0 Å². The predicted octanol–water partition coefficient (Wildman–Crippen LogP) is 3.75. The van der Waals surface area contributed by atoms with Gasteiger partial charge < -0.3 is 15.0 Å². The molecule has 1 N–H and O–H groups in total. The van der Waals surface area contributed by atoms with Crippen molar-refractivity contribution in [1.82, 2.24) is 24.5 Å². The Bertz CT molecular complexity index is 1010. The van der Waals surface area contributed by atoms with Crippen LogP contribution in [0.5, 0.6) is 0 Å². The molecule has 1 saturated carbocycles. The Kier molecular flexibility index (Phi) is 5.21. The molecular formula is C22H26N6O2. The van der Waals surface area contributed by atoms with Crippen molar-refractivity contribution in [2.24, 2.45) is 0 Å². The molecular weight excluding hydrogens is 380 g/mol. The fourth-order valence-corrected chi connectivity index (χ4v) is 4.41. The molecule has 8 nitrogen and oxygen atoms in total. The van der Waals surface area contributed by atoms with Crippen molar-refractivity contribution in [2.75, 3.05) is 18.4 Å². The van der Waals surface area contributed by atoms with Gasteiger partial charge >= 0.3 is 6.09 Å². The zero-order chi connectivity index (χ0) is 20.3. The van der Waals surface area contributed by atoms with Crippen molar-refractivity contribution >= 4 is 17.6 Å². The fourth-order valence-electron chi connectivity index (χ4n) is 4.41. The zero-order valence-electron chi connectivity index (χ0n) is 16.9. The van der Waals surface area contributed by atoms with Crippen LogP contribution in [0.2, 0.25) is 0 Å². The Morgan fingerprint density at radius 1 is 1.10 bits per heavy atom. The van der Waals surface area contributed by atoms with Crippen LogP contribution in [-0.2, 0) is 4.74 Å². The number of likely N-dealkylation sites (tertiary alicyclic amines) is 1. The second-order valence-corrected chi connectivity index (χ2v) is 8.03. The van der Waals surface area contributed by atoms with Crippen LogP contribution in [0.1, 0.15) is 38.5 Å². The van der Waals surface area contributed by atoms with Gasteiger partial charge in [0.2, 0.25) is 0 Å². The molecule has 2 fully saturated rings. The summed E-state index contributed by atoms with van der Waals surface area (Å²) in [5, 5.41) is 8.12. The van der Waals surface area contributed by atoms with Crippen LogP contribution in [0.25, 0.3) is 16.9 Å². The van der Waals surface area contributed by atoms with Crippen LogP contribution in [0, 0.1) is 0 Å². The Morgan fingerprint density at radius 3 is 2.77 bits per heavy atom. The third-order valence-electron chi connectivity index (χ3n) is 6.04. The van der Waals surface area contributed by atoms with Crippen LogP contribution < -0.4 is 5.32 Å². The molecule has 1 aliphatic heterocycles. The lowest BCUT2D eigenvalue weighted by atomic mass is 10.2. The smallest absolute Gasteiger partial charge is 0.410 e. The van der Waals surface area contributed by atoms with E-state index in [1.54, 1.807) is 12.4 Å². The molecule has 1 atom stereocenters. The molecule has 30 heavy (non-hydrogen) atoms. The van der Waals surface area contributed by atoms with Gasteiger partial charge in [0, 0.05) is 31.0 Å². The number of hydrogen-bond acceptors (Lipinski definition) is 6. The summed E-state index contributed by atoms with van der Waals surface area (Å²) in [5.41, 5.74) is 2.72. The van der Waals surface area contributed by atoms with Gasteiger partial charge in [-0.05, 0) is 62.8 Å². The molecule has 0 bridgehead atoms. The molecule has 1 saturated heterocycles. The van der Waals surface area contributed by atoms with E-state index in [1.807, 2.05) is 39.9 Å². The summed E-state index contributed by atoms with van der Waals surface area (Å²) < 4.78 is 7.55. The highest BCUT2D eigenvalue weighted by atomic mass is 16.6. The Morgan fingerprint density at radius 2 is 1.93 bits per heavy atom. The minimum absolute atomic E-state index is 0.101. The SMILES string of the molecule is O=C(OC1CCCC1)N1CCCC1CNc1ccc2ncc(-c3ccncc3)n2n1. The summed E-state index contributed by atoms with van der Waals surface area (Å²) in [7, 11) is 0. The van der Waals surface area contributed by atoms with E-state index in [1.165, 1.54) is 0 Å². The Labute approximate surface area is 175 Å². The maximum atomic E-state index is 12.6. The van der Waals surface area contributed by atoms with Crippen LogP contribution in [-0.4, -0.2) is 55.8 Å². The first-order valence-corrected chi connectivity index (χ1v) is 10.7. The standard InChI is InChI=1S/C22H26N6O2/c29-22(30-18-5-1-2-6-18)27-13-3-4-17(27)14-24-20-7-8-21-25-15-19(28(21)26-20)16-9-11-23-12-10-16/h7-12,15,17-18H,1-6,13-14H2,(H,24,26). The summed E-state index contributed by atoms with van der Waals surface area (Å²) in [6.45, 7) is 1.41. The number of imidazole rings is 1. The van der Waals surface area contributed by atoms with Gasteiger partial charge in [0.1, 0.15) is 11.9 Å². The highest BCUT2D eigenvalue weighted by Gasteiger charge is 2.31. The normalized spacial score (nSPS) is 19.5. The van der Waals surface area contributed by atoms with E-state index in [2.05, 4.69) is 15.3 Å². The highest BCUT2D eigenvalue weighted by molar-refractivity contribution is 5.69. The average Bonchev–Trinajstić information content (AvgIpc) is 3.53. The predicted molar refractivity (Wildman–Crippen MR) is 113 cm³/mol. The van der Waals surface area contributed by atoms with Gasteiger partial charge in [-0.25, -0.2) is 14.3 Å². The second kappa shape index (κ2) is 8.30. The molecule has 2 aliphatic rings. The minimum atomic E-state index is -0.163. The van der Waals surface area contributed by atoms with Crippen LogP contribution in [0.15, 0.2) is 42.9 Å². The second-order valence-electron chi connectivity index (χ2n) is 8.03. The van der Waals surface area contributed by atoms with Crippen LogP contribution in [0.4, 0.5) is 10.6 Å². The van der Waals surface area contributed by atoms with Crippen molar-refractivity contribution in [2.45, 2.75) is 50.7 Å². The van der Waals surface area contributed by atoms with Crippen molar-refractivity contribution in [1.29, 1.82) is 0 Å². The molecule has 3 aromatic rings. The lowest BCUT2D eigenvalue weighted by Gasteiger charge is -2.26. The number of fused-ring (bicyclic) bond motifs is 1. The van der Waals surface area contributed by atoms with Gasteiger partial charge in [0.05, 0.1) is 17.9 Å². The Hall–Kier alpha value is -3.16. The molecule has 0 spiro atoms. The van der Waals surface area contributed by atoms with Crippen LogP contribution >= 0.6 is 0 Å². The van der Waals surface area contributed by atoms with E-state index in [-0.39, 0.29) is 18.2 Å².